The van der Waals surface area contributed by atoms with Crippen LogP contribution in [0.25, 0.3) is 0 Å². The number of halogens is 1. The fourth-order valence-electron chi connectivity index (χ4n) is 3.56. The van der Waals surface area contributed by atoms with E-state index in [1.54, 1.807) is 6.92 Å². The average Bonchev–Trinajstić information content (AvgIpc) is 3.48. The summed E-state index contributed by atoms with van der Waals surface area (Å²) >= 11 is 5.90. The molecule has 0 aromatic heterocycles. The second kappa shape index (κ2) is 10.7. The van der Waals surface area contributed by atoms with Gasteiger partial charge in [0, 0.05) is 36.8 Å². The van der Waals surface area contributed by atoms with Crippen molar-refractivity contribution < 1.29 is 4.79 Å². The molecule has 0 spiro atoms. The molecule has 3 nitrogen and oxygen atoms in total. The molecule has 2 fully saturated rings. The number of piperazine rings is 1. The fourth-order valence-corrected chi connectivity index (χ4v) is 3.79. The minimum atomic E-state index is 0.153. The monoisotopic (exact) mass is 388 g/mol. The van der Waals surface area contributed by atoms with Gasteiger partial charge in [0.15, 0.2) is 5.78 Å². The van der Waals surface area contributed by atoms with Crippen molar-refractivity contribution in [2.24, 2.45) is 5.92 Å². The SMILES string of the molecule is C=C1CNCC(C2CC2)N1/C(=C\CC)C(C)=O.CCCc1ccccc1Cl. The van der Waals surface area contributed by atoms with E-state index < -0.39 is 0 Å². The Hall–Kier alpha value is -1.58. The molecule has 0 bridgehead atoms. The van der Waals surface area contributed by atoms with Crippen LogP contribution < -0.4 is 5.32 Å². The number of nitrogens with one attached hydrogen (secondary N) is 1. The maximum Gasteiger partial charge on any atom is 0.175 e. The lowest BCUT2D eigenvalue weighted by Crippen LogP contribution is -2.50. The molecule has 27 heavy (non-hydrogen) atoms. The molecule has 2 aliphatic rings. The molecule has 1 atom stereocenters. The number of hydrogen-bond acceptors (Lipinski definition) is 3. The van der Waals surface area contributed by atoms with E-state index in [9.17, 15) is 4.79 Å². The molecule has 0 radical (unpaired) electrons. The number of carbonyl (C=O) groups is 1. The summed E-state index contributed by atoms with van der Waals surface area (Å²) in [6.45, 7) is 11.8. The van der Waals surface area contributed by atoms with Gasteiger partial charge in [0.25, 0.3) is 0 Å². The maximum absolute atomic E-state index is 11.8. The van der Waals surface area contributed by atoms with E-state index in [0.29, 0.717) is 6.04 Å². The van der Waals surface area contributed by atoms with Crippen molar-refractivity contribution in [3.05, 3.63) is 58.9 Å². The molecule has 0 amide bonds. The molecule has 1 saturated heterocycles. The van der Waals surface area contributed by atoms with E-state index >= 15 is 0 Å². The van der Waals surface area contributed by atoms with Crippen molar-refractivity contribution in [1.82, 2.24) is 10.2 Å². The summed E-state index contributed by atoms with van der Waals surface area (Å²) in [7, 11) is 0. The minimum absolute atomic E-state index is 0.153. The summed E-state index contributed by atoms with van der Waals surface area (Å²) in [4.78, 5) is 14.0. The summed E-state index contributed by atoms with van der Waals surface area (Å²) in [5.41, 5.74) is 3.13. The largest absolute Gasteiger partial charge is 0.337 e. The lowest BCUT2D eigenvalue weighted by atomic mass is 10.0. The van der Waals surface area contributed by atoms with Gasteiger partial charge in [-0.3, -0.25) is 4.79 Å². The highest BCUT2D eigenvalue weighted by Gasteiger charge is 2.39. The number of rotatable bonds is 6. The van der Waals surface area contributed by atoms with Gasteiger partial charge < -0.3 is 10.2 Å². The van der Waals surface area contributed by atoms with Gasteiger partial charge in [-0.2, -0.15) is 0 Å². The molecule has 1 aromatic rings. The van der Waals surface area contributed by atoms with Crippen LogP contribution in [0, 0.1) is 5.92 Å². The highest BCUT2D eigenvalue weighted by Crippen LogP contribution is 2.39. The van der Waals surface area contributed by atoms with Gasteiger partial charge in [0.1, 0.15) is 0 Å². The van der Waals surface area contributed by atoms with Crippen molar-refractivity contribution in [2.45, 2.75) is 58.9 Å². The van der Waals surface area contributed by atoms with Crippen molar-refractivity contribution >= 4 is 17.4 Å². The van der Waals surface area contributed by atoms with Crippen molar-refractivity contribution in [2.75, 3.05) is 13.1 Å². The van der Waals surface area contributed by atoms with Crippen LogP contribution in [0.2, 0.25) is 5.02 Å². The van der Waals surface area contributed by atoms with Crippen LogP contribution in [0.3, 0.4) is 0 Å². The van der Waals surface area contributed by atoms with E-state index in [1.165, 1.54) is 18.4 Å². The lowest BCUT2D eigenvalue weighted by Gasteiger charge is -2.40. The molecule has 1 saturated carbocycles. The Morgan fingerprint density at radius 2 is 2.04 bits per heavy atom. The third kappa shape index (κ3) is 6.22. The first-order chi connectivity index (χ1) is 13.0. The number of Topliss-reactive ketones (excluding diaryl/α,β-unsaturated/α-hetero) is 1. The topological polar surface area (TPSA) is 32.3 Å². The van der Waals surface area contributed by atoms with Crippen LogP contribution in [0.15, 0.2) is 48.3 Å². The summed E-state index contributed by atoms with van der Waals surface area (Å²) in [6.07, 6.45) is 7.74. The van der Waals surface area contributed by atoms with E-state index in [2.05, 4.69) is 36.7 Å². The first-order valence-corrected chi connectivity index (χ1v) is 10.5. The predicted octanol–water partition coefficient (Wildman–Crippen LogP) is 5.36. The number of benzene rings is 1. The second-order valence-corrected chi connectivity index (χ2v) is 7.77. The van der Waals surface area contributed by atoms with E-state index in [1.807, 2.05) is 24.3 Å². The van der Waals surface area contributed by atoms with E-state index in [4.69, 9.17) is 11.6 Å². The van der Waals surface area contributed by atoms with Crippen molar-refractivity contribution in [1.29, 1.82) is 0 Å². The van der Waals surface area contributed by atoms with Gasteiger partial charge in [-0.05, 0) is 43.2 Å². The number of hydrogen-bond donors (Lipinski definition) is 1. The Balaban J connectivity index is 0.000000223. The third-order valence-electron chi connectivity index (χ3n) is 5.02. The number of allylic oxidation sites excluding steroid dienone is 2. The van der Waals surface area contributed by atoms with Gasteiger partial charge in [0.05, 0.1) is 5.70 Å². The molecule has 148 valence electrons. The zero-order chi connectivity index (χ0) is 19.8. The standard InChI is InChI=1S/C14H22N2O.C9H11Cl/c1-4-5-13(11(3)17)16-10(2)8-15-9-14(16)12-6-7-12;1-2-5-8-6-3-4-7-9(8)10/h5,12,14-15H,2,4,6-9H2,1,3H3;3-4,6-7H,2,5H2,1H3/b13-5-;. The number of aryl methyl sites for hydroxylation is 1. The smallest absolute Gasteiger partial charge is 0.175 e. The molecule has 1 aromatic carbocycles. The summed E-state index contributed by atoms with van der Waals surface area (Å²) in [5, 5.41) is 4.29. The zero-order valence-corrected chi connectivity index (χ0v) is 17.7. The molecule has 1 aliphatic carbocycles. The van der Waals surface area contributed by atoms with Crippen LogP contribution in [-0.2, 0) is 11.2 Å². The van der Waals surface area contributed by atoms with Gasteiger partial charge in [-0.15, -0.1) is 0 Å². The van der Waals surface area contributed by atoms with E-state index in [-0.39, 0.29) is 5.78 Å². The molecule has 1 heterocycles. The minimum Gasteiger partial charge on any atom is -0.337 e. The van der Waals surface area contributed by atoms with Gasteiger partial charge in [0.2, 0.25) is 0 Å². The van der Waals surface area contributed by atoms with Crippen LogP contribution in [0.4, 0.5) is 0 Å². The van der Waals surface area contributed by atoms with Crippen LogP contribution in [0.1, 0.15) is 52.0 Å². The molecule has 1 N–H and O–H groups in total. The molecule has 3 rings (SSSR count). The predicted molar refractivity (Wildman–Crippen MR) is 115 cm³/mol. The zero-order valence-electron chi connectivity index (χ0n) is 16.9. The Morgan fingerprint density at radius 3 is 2.59 bits per heavy atom. The molecule has 1 unspecified atom stereocenters. The number of ketones is 1. The molecule has 4 heteroatoms. The lowest BCUT2D eigenvalue weighted by molar-refractivity contribution is -0.115. The molecule has 1 aliphatic heterocycles. The third-order valence-corrected chi connectivity index (χ3v) is 5.38. The number of nitrogens with zero attached hydrogens (tertiary/aromatic N) is 1. The fraction of sp³-hybridized carbons (Fsp3) is 0.522. The Kier molecular flexibility index (Phi) is 8.59. The summed E-state index contributed by atoms with van der Waals surface area (Å²) in [6, 6.07) is 8.43. The van der Waals surface area contributed by atoms with Crippen molar-refractivity contribution in [3.63, 3.8) is 0 Å². The van der Waals surface area contributed by atoms with Gasteiger partial charge in [-0.25, -0.2) is 0 Å². The van der Waals surface area contributed by atoms with Crippen LogP contribution in [0.5, 0.6) is 0 Å². The summed E-state index contributed by atoms with van der Waals surface area (Å²) in [5.74, 6) is 0.889. The maximum atomic E-state index is 11.8. The molecular weight excluding hydrogens is 356 g/mol. The summed E-state index contributed by atoms with van der Waals surface area (Å²) < 4.78 is 0. The average molecular weight is 389 g/mol. The van der Waals surface area contributed by atoms with Crippen LogP contribution >= 0.6 is 11.6 Å². The highest BCUT2D eigenvalue weighted by atomic mass is 35.5. The quantitative estimate of drug-likeness (QED) is 0.666. The molecular formula is C23H33ClN2O. The van der Waals surface area contributed by atoms with Crippen LogP contribution in [-0.4, -0.2) is 29.8 Å². The Labute approximate surface area is 169 Å². The number of carbonyl (C=O) groups excluding carboxylic acids is 1. The highest BCUT2D eigenvalue weighted by molar-refractivity contribution is 6.31. The van der Waals surface area contributed by atoms with Gasteiger partial charge in [-0.1, -0.05) is 62.7 Å². The Morgan fingerprint density at radius 1 is 1.33 bits per heavy atom. The van der Waals surface area contributed by atoms with Gasteiger partial charge >= 0.3 is 0 Å². The Bertz CT molecular complexity index is 679. The van der Waals surface area contributed by atoms with Crippen molar-refractivity contribution in [3.8, 4) is 0 Å². The van der Waals surface area contributed by atoms with E-state index in [0.717, 1.165) is 54.7 Å². The second-order valence-electron chi connectivity index (χ2n) is 7.37. The first-order valence-electron chi connectivity index (χ1n) is 10.1. The normalized spacial score (nSPS) is 20.1. The first kappa shape index (κ1) is 21.7.